The number of carbonyl (C=O) groups is 1. The van der Waals surface area contributed by atoms with Crippen molar-refractivity contribution in [3.8, 4) is 11.5 Å². The average Bonchev–Trinajstić information content (AvgIpc) is 2.76. The Bertz CT molecular complexity index is 785. The predicted molar refractivity (Wildman–Crippen MR) is 115 cm³/mol. The number of benzene rings is 2. The smallest absolute Gasteiger partial charge is 0.343 e. The third kappa shape index (κ3) is 6.20. The summed E-state index contributed by atoms with van der Waals surface area (Å²) in [6, 6.07) is 15.0. The second-order valence-electron chi connectivity index (χ2n) is 7.41. The van der Waals surface area contributed by atoms with Crippen LogP contribution in [-0.4, -0.2) is 26.3 Å². The molecule has 4 nitrogen and oxygen atoms in total. The maximum absolute atomic E-state index is 12.4. The molecule has 0 aromatic heterocycles. The molecule has 0 radical (unpaired) electrons. The quantitative estimate of drug-likeness (QED) is 0.323. The fourth-order valence-corrected chi connectivity index (χ4v) is 3.82. The van der Waals surface area contributed by atoms with Gasteiger partial charge in [0.25, 0.3) is 0 Å². The highest BCUT2D eigenvalue weighted by atomic mass is 16.5. The van der Waals surface area contributed by atoms with Gasteiger partial charge in [-0.2, -0.15) is 0 Å². The molecule has 0 bridgehead atoms. The Balaban J connectivity index is 1.52. The molecule has 0 heterocycles. The summed E-state index contributed by atoms with van der Waals surface area (Å²) in [5.41, 5.74) is 1.88. The van der Waals surface area contributed by atoms with Crippen LogP contribution in [0.4, 0.5) is 0 Å². The Labute approximate surface area is 173 Å². The zero-order valence-electron chi connectivity index (χ0n) is 17.3. The molecule has 0 N–H and O–H groups in total. The molecule has 2 aromatic carbocycles. The van der Waals surface area contributed by atoms with Gasteiger partial charge in [-0.3, -0.25) is 0 Å². The molecule has 0 atom stereocenters. The van der Waals surface area contributed by atoms with Crippen LogP contribution >= 0.6 is 0 Å². The van der Waals surface area contributed by atoms with Crippen molar-refractivity contribution in [1.29, 1.82) is 0 Å². The number of methoxy groups -OCH3 is 1. The second kappa shape index (κ2) is 10.8. The molecule has 3 rings (SSSR count). The summed E-state index contributed by atoms with van der Waals surface area (Å²) in [7, 11) is 1.72. The summed E-state index contributed by atoms with van der Waals surface area (Å²) in [6.07, 6.45) is 9.17. The van der Waals surface area contributed by atoms with E-state index in [0.29, 0.717) is 36.4 Å². The molecule has 2 aromatic rings. The van der Waals surface area contributed by atoms with Crippen LogP contribution in [0.25, 0.3) is 0 Å². The van der Waals surface area contributed by atoms with Crippen LogP contribution < -0.4 is 9.47 Å². The van der Waals surface area contributed by atoms with Gasteiger partial charge in [-0.15, -0.1) is 0 Å². The first-order valence-corrected chi connectivity index (χ1v) is 10.4. The minimum atomic E-state index is -0.340. The Hall–Kier alpha value is -2.59. The molecule has 1 aliphatic carbocycles. The van der Waals surface area contributed by atoms with E-state index in [0.717, 1.165) is 5.75 Å². The molecule has 0 aliphatic heterocycles. The van der Waals surface area contributed by atoms with Crippen molar-refractivity contribution in [3.05, 3.63) is 71.8 Å². The minimum absolute atomic E-state index is 0.340. The van der Waals surface area contributed by atoms with E-state index in [1.165, 1.54) is 31.2 Å². The zero-order valence-corrected chi connectivity index (χ0v) is 17.3. The van der Waals surface area contributed by atoms with E-state index in [1.807, 2.05) is 19.1 Å². The topological polar surface area (TPSA) is 44.8 Å². The molecule has 1 saturated carbocycles. The fourth-order valence-electron chi connectivity index (χ4n) is 3.82. The maximum atomic E-state index is 12.4. The van der Waals surface area contributed by atoms with Gasteiger partial charge in [0.05, 0.1) is 18.8 Å². The van der Waals surface area contributed by atoms with E-state index in [1.54, 1.807) is 31.4 Å². The summed E-state index contributed by atoms with van der Waals surface area (Å²) in [4.78, 5) is 12.4. The van der Waals surface area contributed by atoms with Gasteiger partial charge in [-0.25, -0.2) is 4.79 Å². The Morgan fingerprint density at radius 2 is 1.62 bits per heavy atom. The standard InChI is InChI=1S/C25H30O4/c1-3-28-23-14-16-24(17-15-23)29-25(26)22-12-10-21(11-13-22)20-8-6-19(7-9-20)5-4-18-27-2/h4-5,10-17,19-20H,3,6-9,18H2,1-2H3/t19-,20-. The van der Waals surface area contributed by atoms with Gasteiger partial charge in [0.1, 0.15) is 11.5 Å². The van der Waals surface area contributed by atoms with Crippen molar-refractivity contribution >= 4 is 5.97 Å². The van der Waals surface area contributed by atoms with Crippen LogP contribution in [0.2, 0.25) is 0 Å². The van der Waals surface area contributed by atoms with Crippen molar-refractivity contribution < 1.29 is 19.0 Å². The van der Waals surface area contributed by atoms with Gasteiger partial charge in [0.15, 0.2) is 0 Å². The molecule has 154 valence electrons. The number of hydrogen-bond donors (Lipinski definition) is 0. The van der Waals surface area contributed by atoms with Gasteiger partial charge in [-0.1, -0.05) is 24.3 Å². The third-order valence-corrected chi connectivity index (χ3v) is 5.41. The summed E-state index contributed by atoms with van der Waals surface area (Å²) in [5.74, 6) is 2.17. The van der Waals surface area contributed by atoms with Gasteiger partial charge in [-0.05, 0) is 86.4 Å². The number of hydrogen-bond acceptors (Lipinski definition) is 4. The fraction of sp³-hybridized carbons (Fsp3) is 0.400. The van der Waals surface area contributed by atoms with E-state index in [-0.39, 0.29) is 5.97 Å². The van der Waals surface area contributed by atoms with Gasteiger partial charge >= 0.3 is 5.97 Å². The molecule has 29 heavy (non-hydrogen) atoms. The highest BCUT2D eigenvalue weighted by molar-refractivity contribution is 5.91. The maximum Gasteiger partial charge on any atom is 0.343 e. The predicted octanol–water partition coefficient (Wildman–Crippen LogP) is 5.78. The monoisotopic (exact) mass is 394 g/mol. The largest absolute Gasteiger partial charge is 0.494 e. The summed E-state index contributed by atoms with van der Waals surface area (Å²) < 4.78 is 15.9. The number of ether oxygens (including phenoxy) is 3. The number of allylic oxidation sites excluding steroid dienone is 1. The number of esters is 1. The summed E-state index contributed by atoms with van der Waals surface area (Å²) in [6.45, 7) is 3.23. The SMILES string of the molecule is CCOc1ccc(OC(=O)c2ccc([C@H]3CC[C@H](C=CCOC)CC3)cc2)cc1. The van der Waals surface area contributed by atoms with Crippen LogP contribution in [0.3, 0.4) is 0 Å². The van der Waals surface area contributed by atoms with Gasteiger partial charge in [0.2, 0.25) is 0 Å². The number of rotatable bonds is 8. The van der Waals surface area contributed by atoms with E-state index >= 15 is 0 Å². The van der Waals surface area contributed by atoms with Crippen molar-refractivity contribution in [2.45, 2.75) is 38.5 Å². The lowest BCUT2D eigenvalue weighted by molar-refractivity contribution is 0.0734. The summed E-state index contributed by atoms with van der Waals surface area (Å²) >= 11 is 0. The van der Waals surface area contributed by atoms with Crippen LogP contribution in [0, 0.1) is 5.92 Å². The van der Waals surface area contributed by atoms with Crippen LogP contribution in [-0.2, 0) is 4.74 Å². The normalized spacial score (nSPS) is 19.2. The second-order valence-corrected chi connectivity index (χ2v) is 7.41. The van der Waals surface area contributed by atoms with Crippen molar-refractivity contribution in [2.24, 2.45) is 5.92 Å². The van der Waals surface area contributed by atoms with Crippen molar-refractivity contribution in [1.82, 2.24) is 0 Å². The highest BCUT2D eigenvalue weighted by Gasteiger charge is 2.21. The number of carbonyl (C=O) groups excluding carboxylic acids is 1. The van der Waals surface area contributed by atoms with E-state index in [9.17, 15) is 4.79 Å². The van der Waals surface area contributed by atoms with Gasteiger partial charge in [0, 0.05) is 7.11 Å². The lowest BCUT2D eigenvalue weighted by Gasteiger charge is -2.27. The average molecular weight is 395 g/mol. The molecule has 4 heteroatoms. The molecular weight excluding hydrogens is 364 g/mol. The van der Waals surface area contributed by atoms with E-state index < -0.39 is 0 Å². The molecule has 0 amide bonds. The molecule has 0 saturated heterocycles. The van der Waals surface area contributed by atoms with Crippen LogP contribution in [0.15, 0.2) is 60.7 Å². The van der Waals surface area contributed by atoms with Crippen LogP contribution in [0.5, 0.6) is 11.5 Å². The lowest BCUT2D eigenvalue weighted by atomic mass is 9.78. The van der Waals surface area contributed by atoms with E-state index in [2.05, 4.69) is 24.3 Å². The Morgan fingerprint density at radius 3 is 2.24 bits per heavy atom. The van der Waals surface area contributed by atoms with Gasteiger partial charge < -0.3 is 14.2 Å². The first-order valence-electron chi connectivity index (χ1n) is 10.4. The Morgan fingerprint density at radius 1 is 0.966 bits per heavy atom. The first kappa shape index (κ1) is 21.1. The minimum Gasteiger partial charge on any atom is -0.494 e. The molecule has 0 unspecified atom stereocenters. The third-order valence-electron chi connectivity index (χ3n) is 5.41. The first-order chi connectivity index (χ1) is 14.2. The highest BCUT2D eigenvalue weighted by Crippen LogP contribution is 2.36. The summed E-state index contributed by atoms with van der Waals surface area (Å²) in [5, 5.41) is 0. The molecule has 0 spiro atoms. The molecule has 1 aliphatic rings. The van der Waals surface area contributed by atoms with E-state index in [4.69, 9.17) is 14.2 Å². The molecule has 1 fully saturated rings. The Kier molecular flexibility index (Phi) is 7.88. The lowest BCUT2D eigenvalue weighted by Crippen LogP contribution is -2.12. The van der Waals surface area contributed by atoms with Crippen molar-refractivity contribution in [2.75, 3.05) is 20.3 Å². The molecular formula is C25H30O4. The van der Waals surface area contributed by atoms with Crippen molar-refractivity contribution in [3.63, 3.8) is 0 Å². The van der Waals surface area contributed by atoms with Crippen LogP contribution in [0.1, 0.15) is 54.4 Å². The zero-order chi connectivity index (χ0) is 20.5.